The van der Waals surface area contributed by atoms with Gasteiger partial charge in [0.1, 0.15) is 30.5 Å². The molecule has 37 heavy (non-hydrogen) atoms. The number of benzene rings is 1. The highest BCUT2D eigenvalue weighted by molar-refractivity contribution is 5.97. The predicted octanol–water partition coefficient (Wildman–Crippen LogP) is 4.36. The number of allylic oxidation sites excluding steroid dienone is 4. The molecule has 2 heterocycles. The fourth-order valence-electron chi connectivity index (χ4n) is 3.52. The smallest absolute Gasteiger partial charge is 0.243 e. The lowest BCUT2D eigenvalue weighted by Crippen LogP contribution is -2.62. The second kappa shape index (κ2) is 17.4. The van der Waals surface area contributed by atoms with Gasteiger partial charge in [-0.3, -0.25) is 9.59 Å². The van der Waals surface area contributed by atoms with Crippen molar-refractivity contribution in [2.45, 2.75) is 84.1 Å². The van der Waals surface area contributed by atoms with Crippen LogP contribution < -0.4 is 15.4 Å². The number of piperazine rings is 1. The third-order valence-corrected chi connectivity index (χ3v) is 5.63. The number of hydrogen-bond donors (Lipinski definition) is 2. The fraction of sp³-hybridized carbons (Fsp3) is 0.533. The quantitative estimate of drug-likeness (QED) is 0.210. The summed E-state index contributed by atoms with van der Waals surface area (Å²) in [4.78, 5) is 24.9. The van der Waals surface area contributed by atoms with Gasteiger partial charge < -0.3 is 24.8 Å². The maximum absolute atomic E-state index is 12.5. The Morgan fingerprint density at radius 1 is 1.03 bits per heavy atom. The highest BCUT2D eigenvalue weighted by atomic mass is 16.6. The van der Waals surface area contributed by atoms with Crippen LogP contribution in [0.3, 0.4) is 0 Å². The van der Waals surface area contributed by atoms with Gasteiger partial charge in [-0.05, 0) is 63.8 Å². The van der Waals surface area contributed by atoms with Crippen LogP contribution in [0.4, 0.5) is 0 Å². The van der Waals surface area contributed by atoms with E-state index >= 15 is 0 Å². The first-order chi connectivity index (χ1) is 17.8. The Bertz CT molecular complexity index is 941. The van der Waals surface area contributed by atoms with Crippen molar-refractivity contribution >= 4 is 11.8 Å². The number of hydrogen-bond acceptors (Lipinski definition) is 5. The van der Waals surface area contributed by atoms with Gasteiger partial charge >= 0.3 is 0 Å². The van der Waals surface area contributed by atoms with Crippen LogP contribution in [0.1, 0.15) is 59.4 Å². The van der Waals surface area contributed by atoms with Crippen LogP contribution >= 0.6 is 0 Å². The topological polar surface area (TPSA) is 89.2 Å². The summed E-state index contributed by atoms with van der Waals surface area (Å²) >= 11 is 0. The summed E-state index contributed by atoms with van der Waals surface area (Å²) in [5, 5.41) is 5.74. The van der Waals surface area contributed by atoms with Crippen LogP contribution in [-0.4, -0.2) is 56.4 Å². The van der Waals surface area contributed by atoms with E-state index in [0.717, 1.165) is 24.2 Å². The Hall–Kier alpha value is -3.08. The Labute approximate surface area is 223 Å². The number of epoxide rings is 1. The normalized spacial score (nSPS) is 21.4. The molecule has 2 saturated heterocycles. The molecule has 0 radical (unpaired) electrons. The highest BCUT2D eigenvalue weighted by Gasteiger charge is 2.48. The van der Waals surface area contributed by atoms with E-state index in [-0.39, 0.29) is 23.5 Å². The van der Waals surface area contributed by atoms with Gasteiger partial charge in [-0.15, -0.1) is 5.92 Å². The number of rotatable bonds is 10. The summed E-state index contributed by atoms with van der Waals surface area (Å²) in [6.45, 7) is 10.4. The van der Waals surface area contributed by atoms with Crippen molar-refractivity contribution in [1.82, 2.24) is 10.6 Å². The van der Waals surface area contributed by atoms with Crippen LogP contribution in [-0.2, 0) is 25.5 Å². The molecule has 7 nitrogen and oxygen atoms in total. The Morgan fingerprint density at radius 2 is 1.62 bits per heavy atom. The lowest BCUT2D eigenvalue weighted by Gasteiger charge is -2.29. The van der Waals surface area contributed by atoms with Crippen LogP contribution in [0.5, 0.6) is 5.75 Å². The molecular formula is C30H44N2O5. The molecule has 0 saturated carbocycles. The van der Waals surface area contributed by atoms with E-state index in [1.165, 1.54) is 0 Å². The summed E-state index contributed by atoms with van der Waals surface area (Å²) in [7, 11) is 3.25. The molecule has 0 bridgehead atoms. The second-order valence-electron chi connectivity index (χ2n) is 9.01. The van der Waals surface area contributed by atoms with Gasteiger partial charge in [-0.1, -0.05) is 50.1 Å². The predicted molar refractivity (Wildman–Crippen MR) is 148 cm³/mol. The van der Waals surface area contributed by atoms with E-state index in [4.69, 9.17) is 9.47 Å². The number of carbonyl (C=O) groups is 2. The molecule has 204 valence electrons. The minimum Gasteiger partial charge on any atom is -0.491 e. The van der Waals surface area contributed by atoms with Gasteiger partial charge in [0.25, 0.3) is 0 Å². The third-order valence-electron chi connectivity index (χ3n) is 5.63. The fourth-order valence-corrected chi connectivity index (χ4v) is 3.52. The monoisotopic (exact) mass is 512 g/mol. The van der Waals surface area contributed by atoms with Crippen LogP contribution in [0, 0.1) is 11.8 Å². The average Bonchev–Trinajstić information content (AvgIpc) is 3.51. The molecule has 1 aromatic carbocycles. The second-order valence-corrected chi connectivity index (χ2v) is 9.01. The number of ether oxygens (including phenoxy) is 3. The minimum atomic E-state index is -0.559. The van der Waals surface area contributed by atoms with Gasteiger partial charge in [0.05, 0.1) is 5.60 Å². The van der Waals surface area contributed by atoms with Crippen molar-refractivity contribution in [3.8, 4) is 17.6 Å². The van der Waals surface area contributed by atoms with Crippen molar-refractivity contribution in [3.63, 3.8) is 0 Å². The number of carbonyl (C=O) groups excluding carboxylic acids is 2. The summed E-state index contributed by atoms with van der Waals surface area (Å²) in [6.07, 6.45) is 10.5. The zero-order valence-electron chi connectivity index (χ0n) is 23.4. The molecule has 2 amide bonds. The third kappa shape index (κ3) is 12.1. The Balaban J connectivity index is 0.00000127. The van der Waals surface area contributed by atoms with Gasteiger partial charge in [0, 0.05) is 20.6 Å². The van der Waals surface area contributed by atoms with Crippen molar-refractivity contribution in [2.24, 2.45) is 0 Å². The maximum atomic E-state index is 12.5. The summed E-state index contributed by atoms with van der Waals surface area (Å²) in [5.41, 5.74) is 0.868. The molecule has 0 spiro atoms. The molecule has 0 aliphatic carbocycles. The van der Waals surface area contributed by atoms with Gasteiger partial charge in [-0.25, -0.2) is 0 Å². The molecule has 3 rings (SSSR count). The van der Waals surface area contributed by atoms with Crippen molar-refractivity contribution < 1.29 is 23.8 Å². The molecule has 2 aliphatic rings. The van der Waals surface area contributed by atoms with E-state index in [2.05, 4.69) is 27.2 Å². The van der Waals surface area contributed by atoms with Gasteiger partial charge in [-0.2, -0.15) is 0 Å². The van der Waals surface area contributed by atoms with Crippen LogP contribution in [0.2, 0.25) is 0 Å². The molecule has 2 fully saturated rings. The zero-order chi connectivity index (χ0) is 27.7. The number of unbranched alkanes of at least 4 members (excludes halogenated alkanes) is 1. The molecule has 3 unspecified atom stereocenters. The number of methoxy groups -OCH3 is 1. The number of nitrogens with one attached hydrogen (secondary N) is 2. The van der Waals surface area contributed by atoms with E-state index in [9.17, 15) is 9.59 Å². The first-order valence-electron chi connectivity index (χ1n) is 12.9. The van der Waals surface area contributed by atoms with Crippen molar-refractivity contribution in [1.29, 1.82) is 0 Å². The minimum absolute atomic E-state index is 0.0950. The molecule has 0 aromatic heterocycles. The highest BCUT2D eigenvalue weighted by Crippen LogP contribution is 2.35. The van der Waals surface area contributed by atoms with E-state index in [0.29, 0.717) is 19.4 Å². The van der Waals surface area contributed by atoms with Gasteiger partial charge in [0.15, 0.2) is 0 Å². The standard InChI is InChI=1S/C26H32N2O4.C2H6O.C2H6/c1-4-5-6-7-8-9-10-11-12-21-24(29)28-22(25(30)27-21)17-19-13-15-20(16-14-19)31-18-23-26(2,3)32-23;1-3-2;1-2/h6-9,13-16,21-23H,10-12,17-18H2,1-3H3,(H,27,30)(H,28,29);1-2H3;1-2H3/b7-6-,9-8-;;. The summed E-state index contributed by atoms with van der Waals surface area (Å²) in [6, 6.07) is 6.58. The lowest BCUT2D eigenvalue weighted by atomic mass is 9.99. The van der Waals surface area contributed by atoms with Crippen LogP contribution in [0.25, 0.3) is 0 Å². The largest absolute Gasteiger partial charge is 0.491 e. The molecule has 7 heteroatoms. The van der Waals surface area contributed by atoms with E-state index < -0.39 is 12.1 Å². The van der Waals surface area contributed by atoms with E-state index in [1.54, 1.807) is 27.2 Å². The number of amides is 2. The Morgan fingerprint density at radius 3 is 2.22 bits per heavy atom. The molecular weight excluding hydrogens is 468 g/mol. The summed E-state index contributed by atoms with van der Waals surface area (Å²) < 4.78 is 15.5. The maximum Gasteiger partial charge on any atom is 0.243 e. The molecule has 2 N–H and O–H groups in total. The van der Waals surface area contributed by atoms with Crippen molar-refractivity contribution in [2.75, 3.05) is 20.8 Å². The zero-order valence-corrected chi connectivity index (χ0v) is 23.4. The summed E-state index contributed by atoms with van der Waals surface area (Å²) in [5.74, 6) is 6.14. The molecule has 1 aromatic rings. The Kier molecular flexibility index (Phi) is 15.0. The van der Waals surface area contributed by atoms with E-state index in [1.807, 2.05) is 70.2 Å². The lowest BCUT2D eigenvalue weighted by molar-refractivity contribution is -0.136. The first-order valence-corrected chi connectivity index (χ1v) is 12.9. The van der Waals surface area contributed by atoms with Gasteiger partial charge in [0.2, 0.25) is 11.8 Å². The first kappa shape index (κ1) is 31.9. The SMILES string of the molecule is CC.CC#C/C=C\C=C/CCCC1NC(=O)C(Cc2ccc(OCC3OC3(C)C)cc2)NC1=O.COC. The van der Waals surface area contributed by atoms with Crippen LogP contribution in [0.15, 0.2) is 48.6 Å². The molecule has 3 atom stereocenters. The average molecular weight is 513 g/mol. The molecule has 2 aliphatic heterocycles. The van der Waals surface area contributed by atoms with Crippen molar-refractivity contribution in [3.05, 3.63) is 54.1 Å².